The molecule has 1 aromatic carbocycles. The summed E-state index contributed by atoms with van der Waals surface area (Å²) in [6.07, 6.45) is 8.20. The number of pyridine rings is 1. The molecule has 0 saturated heterocycles. The average molecular weight is 377 g/mol. The van der Waals surface area contributed by atoms with E-state index in [1.54, 1.807) is 6.20 Å². The molecule has 1 N–H and O–H groups in total. The number of hydrogen-bond acceptors (Lipinski definition) is 3. The van der Waals surface area contributed by atoms with E-state index in [-0.39, 0.29) is 11.8 Å². The van der Waals surface area contributed by atoms with E-state index in [1.807, 2.05) is 30.3 Å². The van der Waals surface area contributed by atoms with Gasteiger partial charge in [0, 0.05) is 24.6 Å². The molecule has 0 aliphatic heterocycles. The maximum absolute atomic E-state index is 12.6. The third-order valence-corrected chi connectivity index (χ3v) is 5.62. The molecule has 2 aromatic heterocycles. The Balaban J connectivity index is 1.54. The minimum atomic E-state index is 0.0292. The first-order chi connectivity index (χ1) is 13.7. The first-order valence-electron chi connectivity index (χ1n) is 10.3. The smallest absolute Gasteiger partial charge is 0.220 e. The number of nitrogens with one attached hydrogen (secondary N) is 1. The highest BCUT2D eigenvalue weighted by Gasteiger charge is 2.22. The Morgan fingerprint density at radius 3 is 2.71 bits per heavy atom. The lowest BCUT2D eigenvalue weighted by atomic mass is 9.95. The van der Waals surface area contributed by atoms with E-state index < -0.39 is 0 Å². The molecule has 1 aliphatic rings. The van der Waals surface area contributed by atoms with Crippen LogP contribution in [0.25, 0.3) is 11.2 Å². The molecule has 4 rings (SSSR count). The quantitative estimate of drug-likeness (QED) is 0.693. The summed E-state index contributed by atoms with van der Waals surface area (Å²) in [5.41, 5.74) is 2.96. The summed E-state index contributed by atoms with van der Waals surface area (Å²) in [5.74, 6) is 1.09. The highest BCUT2D eigenvalue weighted by Crippen LogP contribution is 2.25. The van der Waals surface area contributed by atoms with Gasteiger partial charge in [-0.15, -0.1) is 0 Å². The Kier molecular flexibility index (Phi) is 5.70. The van der Waals surface area contributed by atoms with Crippen LogP contribution >= 0.6 is 0 Å². The fraction of sp³-hybridized carbons (Fsp3) is 0.435. The van der Waals surface area contributed by atoms with Crippen molar-refractivity contribution in [3.05, 3.63) is 60.0 Å². The van der Waals surface area contributed by atoms with Crippen molar-refractivity contribution < 1.29 is 4.79 Å². The fourth-order valence-corrected chi connectivity index (χ4v) is 4.18. The first kappa shape index (κ1) is 18.7. The summed E-state index contributed by atoms with van der Waals surface area (Å²) >= 11 is 0. The number of fused-ring (bicyclic) bond motifs is 1. The molecular formula is C23H28N4O. The second-order valence-electron chi connectivity index (χ2n) is 7.90. The van der Waals surface area contributed by atoms with Gasteiger partial charge in [-0.3, -0.25) is 4.79 Å². The van der Waals surface area contributed by atoms with Gasteiger partial charge in [0.25, 0.3) is 0 Å². The van der Waals surface area contributed by atoms with Crippen molar-refractivity contribution in [1.29, 1.82) is 0 Å². The van der Waals surface area contributed by atoms with E-state index in [9.17, 15) is 4.79 Å². The number of carbonyl (C=O) groups excluding carboxylic acids is 1. The predicted octanol–water partition coefficient (Wildman–Crippen LogP) is 4.42. The fourth-order valence-electron chi connectivity index (χ4n) is 4.18. The molecule has 1 aliphatic carbocycles. The van der Waals surface area contributed by atoms with Crippen LogP contribution in [-0.4, -0.2) is 26.5 Å². The second kappa shape index (κ2) is 8.55. The highest BCUT2D eigenvalue weighted by molar-refractivity contribution is 5.77. The van der Waals surface area contributed by atoms with Crippen LogP contribution in [0.15, 0.2) is 48.7 Å². The van der Waals surface area contributed by atoms with Crippen LogP contribution in [0.5, 0.6) is 0 Å². The minimum absolute atomic E-state index is 0.0292. The van der Waals surface area contributed by atoms with Crippen molar-refractivity contribution >= 4 is 17.1 Å². The topological polar surface area (TPSA) is 59.8 Å². The molecule has 1 fully saturated rings. The third kappa shape index (κ3) is 4.24. The second-order valence-corrected chi connectivity index (χ2v) is 7.90. The van der Waals surface area contributed by atoms with E-state index in [0.29, 0.717) is 19.0 Å². The lowest BCUT2D eigenvalue weighted by Crippen LogP contribution is -2.36. The van der Waals surface area contributed by atoms with Crippen LogP contribution in [0, 0.1) is 0 Å². The summed E-state index contributed by atoms with van der Waals surface area (Å²) in [6.45, 7) is 2.79. The number of nitrogens with zero attached hydrogens (tertiary/aromatic N) is 3. The minimum Gasteiger partial charge on any atom is -0.353 e. The molecule has 0 radical (unpaired) electrons. The molecule has 1 amide bonds. The Morgan fingerprint density at radius 1 is 1.14 bits per heavy atom. The van der Waals surface area contributed by atoms with Crippen molar-refractivity contribution in [3.8, 4) is 0 Å². The average Bonchev–Trinajstić information content (AvgIpc) is 3.08. The van der Waals surface area contributed by atoms with Gasteiger partial charge >= 0.3 is 0 Å². The normalized spacial score (nSPS) is 16.2. The van der Waals surface area contributed by atoms with Gasteiger partial charge < -0.3 is 9.88 Å². The van der Waals surface area contributed by atoms with Gasteiger partial charge in [0.05, 0.1) is 6.54 Å². The van der Waals surface area contributed by atoms with Gasteiger partial charge in [-0.1, -0.05) is 56.5 Å². The van der Waals surface area contributed by atoms with Crippen molar-refractivity contribution in [2.75, 3.05) is 0 Å². The van der Waals surface area contributed by atoms with Gasteiger partial charge in [0.2, 0.25) is 5.91 Å². The van der Waals surface area contributed by atoms with E-state index in [2.05, 4.69) is 33.9 Å². The van der Waals surface area contributed by atoms with Gasteiger partial charge in [-0.25, -0.2) is 9.97 Å². The molecular weight excluding hydrogens is 348 g/mol. The first-order valence-corrected chi connectivity index (χ1v) is 10.3. The van der Waals surface area contributed by atoms with E-state index >= 15 is 0 Å². The van der Waals surface area contributed by atoms with Crippen LogP contribution in [0.1, 0.15) is 62.8 Å². The molecule has 0 spiro atoms. The molecule has 5 heteroatoms. The van der Waals surface area contributed by atoms with Gasteiger partial charge in [-0.05, 0) is 30.5 Å². The Hall–Kier alpha value is -2.69. The Bertz CT molecular complexity index is 928. The molecule has 3 aromatic rings. The van der Waals surface area contributed by atoms with Gasteiger partial charge in [-0.2, -0.15) is 0 Å². The van der Waals surface area contributed by atoms with E-state index in [0.717, 1.165) is 29.8 Å². The Morgan fingerprint density at radius 2 is 1.93 bits per heavy atom. The number of hydrogen-bond donors (Lipinski definition) is 1. The SMILES string of the molecule is CC(CC(=O)NC1CCCCC1)c1nc2cccnc2n1Cc1ccccc1. The lowest BCUT2D eigenvalue weighted by molar-refractivity contribution is -0.122. The zero-order valence-corrected chi connectivity index (χ0v) is 16.5. The highest BCUT2D eigenvalue weighted by atomic mass is 16.1. The summed E-state index contributed by atoms with van der Waals surface area (Å²) in [7, 11) is 0. The molecule has 5 nitrogen and oxygen atoms in total. The largest absolute Gasteiger partial charge is 0.353 e. The van der Waals surface area contributed by atoms with Crippen LogP contribution in [0.3, 0.4) is 0 Å². The molecule has 28 heavy (non-hydrogen) atoms. The predicted molar refractivity (Wildman–Crippen MR) is 111 cm³/mol. The van der Waals surface area contributed by atoms with E-state index in [4.69, 9.17) is 4.98 Å². The molecule has 2 heterocycles. The van der Waals surface area contributed by atoms with Gasteiger partial charge in [0.15, 0.2) is 5.65 Å². The van der Waals surface area contributed by atoms with Crippen LogP contribution in [0.2, 0.25) is 0 Å². The van der Waals surface area contributed by atoms with Crippen LogP contribution < -0.4 is 5.32 Å². The Labute approximate surface area is 166 Å². The van der Waals surface area contributed by atoms with Crippen molar-refractivity contribution in [3.63, 3.8) is 0 Å². The maximum atomic E-state index is 12.6. The number of benzene rings is 1. The van der Waals surface area contributed by atoms with E-state index in [1.165, 1.54) is 24.8 Å². The maximum Gasteiger partial charge on any atom is 0.220 e. The van der Waals surface area contributed by atoms with Crippen LogP contribution in [0.4, 0.5) is 0 Å². The zero-order valence-electron chi connectivity index (χ0n) is 16.5. The van der Waals surface area contributed by atoms with Crippen molar-refractivity contribution in [2.24, 2.45) is 0 Å². The molecule has 146 valence electrons. The third-order valence-electron chi connectivity index (χ3n) is 5.62. The summed E-state index contributed by atoms with van der Waals surface area (Å²) < 4.78 is 2.16. The molecule has 0 bridgehead atoms. The molecule has 1 unspecified atom stereocenters. The molecule has 1 saturated carbocycles. The number of aromatic nitrogens is 3. The monoisotopic (exact) mass is 376 g/mol. The van der Waals surface area contributed by atoms with Crippen LogP contribution in [-0.2, 0) is 11.3 Å². The number of rotatable bonds is 6. The van der Waals surface area contributed by atoms with Gasteiger partial charge in [0.1, 0.15) is 11.3 Å². The van der Waals surface area contributed by atoms with Crippen molar-refractivity contribution in [1.82, 2.24) is 19.9 Å². The summed E-state index contributed by atoms with van der Waals surface area (Å²) in [6, 6.07) is 14.6. The molecule has 1 atom stereocenters. The summed E-state index contributed by atoms with van der Waals surface area (Å²) in [4.78, 5) is 22.0. The zero-order chi connectivity index (χ0) is 19.3. The van der Waals surface area contributed by atoms with Crippen molar-refractivity contribution in [2.45, 2.75) is 64.0 Å². The number of imidazole rings is 1. The number of amides is 1. The lowest BCUT2D eigenvalue weighted by Gasteiger charge is -2.23. The summed E-state index contributed by atoms with van der Waals surface area (Å²) in [5, 5.41) is 3.23. The number of carbonyl (C=O) groups is 1. The standard InChI is InChI=1S/C23H28N4O/c1-17(15-21(28)25-19-11-6-3-7-12-19)22-26-20-13-8-14-24-23(20)27(22)16-18-9-4-2-5-10-18/h2,4-5,8-10,13-14,17,19H,3,6-7,11-12,15-16H2,1H3,(H,25,28).